The fourth-order valence-corrected chi connectivity index (χ4v) is 2.34. The summed E-state index contributed by atoms with van der Waals surface area (Å²) in [6.07, 6.45) is 0.699. The van der Waals surface area contributed by atoms with E-state index in [0.717, 1.165) is 5.56 Å². The predicted molar refractivity (Wildman–Crippen MR) is 84.9 cm³/mol. The van der Waals surface area contributed by atoms with Gasteiger partial charge in [-0.2, -0.15) is 0 Å². The van der Waals surface area contributed by atoms with Crippen LogP contribution in [0.3, 0.4) is 0 Å². The minimum atomic E-state index is -0.481. The zero-order valence-corrected chi connectivity index (χ0v) is 13.2. The fraction of sp³-hybridized carbons (Fsp3) is 0.235. The lowest BCUT2D eigenvalue weighted by Gasteiger charge is -2.18. The molecule has 0 heterocycles. The first-order valence-corrected chi connectivity index (χ1v) is 7.32. The van der Waals surface area contributed by atoms with Gasteiger partial charge in [0.1, 0.15) is 11.6 Å². The van der Waals surface area contributed by atoms with Crippen LogP contribution in [0.5, 0.6) is 5.75 Å². The van der Waals surface area contributed by atoms with E-state index < -0.39 is 5.82 Å². The van der Waals surface area contributed by atoms with Crippen molar-refractivity contribution in [2.24, 2.45) is 0 Å². The van der Waals surface area contributed by atoms with Crippen molar-refractivity contribution in [3.8, 4) is 5.75 Å². The molecule has 5 heteroatoms. The van der Waals surface area contributed by atoms with Gasteiger partial charge in [0.25, 0.3) is 5.91 Å². The van der Waals surface area contributed by atoms with Gasteiger partial charge >= 0.3 is 0 Å². The Kier molecular flexibility index (Phi) is 5.39. The molecular weight excluding hydrogens is 305 g/mol. The predicted octanol–water partition coefficient (Wildman–Crippen LogP) is 4.37. The molecule has 0 aliphatic rings. The summed E-state index contributed by atoms with van der Waals surface area (Å²) in [7, 11) is 1.44. The van der Waals surface area contributed by atoms with Gasteiger partial charge in [-0.1, -0.05) is 30.7 Å². The maximum Gasteiger partial charge on any atom is 0.255 e. The molecule has 116 valence electrons. The second-order valence-electron chi connectivity index (χ2n) is 4.83. The molecule has 1 amide bonds. The molecule has 0 bridgehead atoms. The van der Waals surface area contributed by atoms with Gasteiger partial charge in [-0.3, -0.25) is 4.79 Å². The van der Waals surface area contributed by atoms with Gasteiger partial charge in [-0.05, 0) is 42.3 Å². The lowest BCUT2D eigenvalue weighted by Crippen LogP contribution is -2.28. The van der Waals surface area contributed by atoms with Crippen molar-refractivity contribution < 1.29 is 13.9 Å². The Hall–Kier alpha value is -2.07. The number of halogens is 2. The second kappa shape index (κ2) is 7.27. The van der Waals surface area contributed by atoms with E-state index in [0.29, 0.717) is 17.2 Å². The van der Waals surface area contributed by atoms with E-state index in [1.807, 2.05) is 19.1 Å². The van der Waals surface area contributed by atoms with Crippen molar-refractivity contribution in [3.63, 3.8) is 0 Å². The third-order valence-electron chi connectivity index (χ3n) is 3.39. The number of carbonyl (C=O) groups excluding carboxylic acids is 1. The van der Waals surface area contributed by atoms with E-state index in [-0.39, 0.29) is 17.5 Å². The van der Waals surface area contributed by atoms with Crippen LogP contribution in [0.1, 0.15) is 35.3 Å². The Morgan fingerprint density at radius 2 is 1.95 bits per heavy atom. The Bertz CT molecular complexity index is 658. The Morgan fingerprint density at radius 1 is 1.27 bits per heavy atom. The van der Waals surface area contributed by atoms with Gasteiger partial charge in [0.05, 0.1) is 18.7 Å². The molecule has 0 aromatic heterocycles. The first-order chi connectivity index (χ1) is 10.5. The van der Waals surface area contributed by atoms with Gasteiger partial charge in [0.2, 0.25) is 0 Å². The number of nitrogens with one attached hydrogen (secondary N) is 1. The molecule has 0 saturated carbocycles. The number of rotatable bonds is 5. The number of carbonyl (C=O) groups is 1. The topological polar surface area (TPSA) is 38.3 Å². The van der Waals surface area contributed by atoms with E-state index in [2.05, 4.69) is 5.32 Å². The largest absolute Gasteiger partial charge is 0.496 e. The maximum absolute atomic E-state index is 13.4. The van der Waals surface area contributed by atoms with Crippen LogP contribution in [0.25, 0.3) is 0 Å². The van der Waals surface area contributed by atoms with Crippen LogP contribution in [-0.2, 0) is 0 Å². The van der Waals surface area contributed by atoms with Gasteiger partial charge in [-0.25, -0.2) is 4.39 Å². The number of hydrogen-bond acceptors (Lipinski definition) is 2. The first-order valence-electron chi connectivity index (χ1n) is 6.95. The van der Waals surface area contributed by atoms with Crippen LogP contribution in [0.2, 0.25) is 5.02 Å². The van der Waals surface area contributed by atoms with Crippen LogP contribution >= 0.6 is 11.6 Å². The third-order valence-corrected chi connectivity index (χ3v) is 3.64. The summed E-state index contributed by atoms with van der Waals surface area (Å²) < 4.78 is 18.5. The molecule has 3 nitrogen and oxygen atoms in total. The summed E-state index contributed by atoms with van der Waals surface area (Å²) in [4.78, 5) is 12.4. The summed E-state index contributed by atoms with van der Waals surface area (Å²) in [5.41, 5.74) is 1.12. The number of ether oxygens (including phenoxy) is 1. The molecule has 0 saturated heterocycles. The molecule has 1 atom stereocenters. The summed E-state index contributed by atoms with van der Waals surface area (Å²) in [5.74, 6) is -0.520. The lowest BCUT2D eigenvalue weighted by atomic mass is 10.0. The van der Waals surface area contributed by atoms with E-state index >= 15 is 0 Å². The zero-order chi connectivity index (χ0) is 16.1. The summed E-state index contributed by atoms with van der Waals surface area (Å²) in [5, 5.41) is 3.53. The number of amides is 1. The highest BCUT2D eigenvalue weighted by Crippen LogP contribution is 2.23. The van der Waals surface area contributed by atoms with Crippen LogP contribution in [0.4, 0.5) is 4.39 Å². The van der Waals surface area contributed by atoms with Crippen molar-refractivity contribution in [2.75, 3.05) is 7.11 Å². The van der Waals surface area contributed by atoms with E-state index in [1.165, 1.54) is 25.3 Å². The first kappa shape index (κ1) is 16.3. The normalized spacial score (nSPS) is 11.8. The zero-order valence-electron chi connectivity index (χ0n) is 12.4. The van der Waals surface area contributed by atoms with Crippen molar-refractivity contribution in [2.45, 2.75) is 19.4 Å². The molecule has 2 aromatic rings. The minimum Gasteiger partial charge on any atom is -0.496 e. The minimum absolute atomic E-state index is 0.176. The Balaban J connectivity index is 2.22. The number of hydrogen-bond donors (Lipinski definition) is 1. The van der Waals surface area contributed by atoms with Crippen molar-refractivity contribution in [1.29, 1.82) is 0 Å². The van der Waals surface area contributed by atoms with Crippen LogP contribution in [0, 0.1) is 5.82 Å². The molecule has 0 aliphatic heterocycles. The molecule has 2 aromatic carbocycles. The molecular formula is C17H17ClFNO2. The molecule has 1 N–H and O–H groups in total. The smallest absolute Gasteiger partial charge is 0.255 e. The molecule has 0 fully saturated rings. The fourth-order valence-electron chi connectivity index (χ4n) is 2.21. The number of methoxy groups -OCH3 is 1. The highest BCUT2D eigenvalue weighted by Gasteiger charge is 2.18. The molecule has 0 spiro atoms. The summed E-state index contributed by atoms with van der Waals surface area (Å²) in [6, 6.07) is 10.9. The SMILES string of the molecule is CCC(NC(=O)c1cc(F)ccc1OC)c1ccc(Cl)cc1. The average molecular weight is 322 g/mol. The third kappa shape index (κ3) is 3.77. The van der Waals surface area contributed by atoms with Crippen LogP contribution < -0.4 is 10.1 Å². The molecule has 0 radical (unpaired) electrons. The van der Waals surface area contributed by atoms with Crippen molar-refractivity contribution in [3.05, 3.63) is 64.4 Å². The van der Waals surface area contributed by atoms with Crippen LogP contribution in [0.15, 0.2) is 42.5 Å². The van der Waals surface area contributed by atoms with E-state index in [9.17, 15) is 9.18 Å². The molecule has 1 unspecified atom stereocenters. The monoisotopic (exact) mass is 321 g/mol. The van der Waals surface area contributed by atoms with Gasteiger partial charge < -0.3 is 10.1 Å². The van der Waals surface area contributed by atoms with Gasteiger partial charge in [0.15, 0.2) is 0 Å². The van der Waals surface area contributed by atoms with E-state index in [4.69, 9.17) is 16.3 Å². The van der Waals surface area contributed by atoms with Crippen molar-refractivity contribution in [1.82, 2.24) is 5.32 Å². The number of benzene rings is 2. The second-order valence-corrected chi connectivity index (χ2v) is 5.27. The van der Waals surface area contributed by atoms with Crippen molar-refractivity contribution >= 4 is 17.5 Å². The Labute approximate surface area is 134 Å². The molecule has 22 heavy (non-hydrogen) atoms. The highest BCUT2D eigenvalue weighted by atomic mass is 35.5. The van der Waals surface area contributed by atoms with Gasteiger partial charge in [0, 0.05) is 5.02 Å². The standard InChI is InChI=1S/C17H17ClFNO2/c1-3-15(11-4-6-12(18)7-5-11)20-17(21)14-10-13(19)8-9-16(14)22-2/h4-10,15H,3H2,1-2H3,(H,20,21). The summed E-state index contributed by atoms with van der Waals surface area (Å²) >= 11 is 5.87. The summed E-state index contributed by atoms with van der Waals surface area (Å²) in [6.45, 7) is 1.96. The average Bonchev–Trinajstić information content (AvgIpc) is 2.53. The van der Waals surface area contributed by atoms with E-state index in [1.54, 1.807) is 12.1 Å². The quantitative estimate of drug-likeness (QED) is 0.888. The molecule has 2 rings (SSSR count). The Morgan fingerprint density at radius 3 is 2.55 bits per heavy atom. The van der Waals surface area contributed by atoms with Crippen LogP contribution in [-0.4, -0.2) is 13.0 Å². The highest BCUT2D eigenvalue weighted by molar-refractivity contribution is 6.30. The maximum atomic E-state index is 13.4. The lowest BCUT2D eigenvalue weighted by molar-refractivity contribution is 0.0932. The van der Waals surface area contributed by atoms with Gasteiger partial charge in [-0.15, -0.1) is 0 Å². The molecule has 0 aliphatic carbocycles.